The number of hydrogen-bond acceptors (Lipinski definition) is 6. The molecule has 0 spiro atoms. The lowest BCUT2D eigenvalue weighted by molar-refractivity contribution is -0.137. The van der Waals surface area contributed by atoms with Crippen molar-refractivity contribution in [2.45, 2.75) is 69.6 Å². The molecule has 0 aromatic carbocycles. The predicted molar refractivity (Wildman–Crippen MR) is 133 cm³/mol. The standard InChI is InChI=1S/C14H21BrN4O4.C8H11BrN2/c1-8(22-2)11(18-14(21)23-3)13(20)19-6-4-5-9(19)12-16-7-10(15)17-12;9-7-5-10-8(11-7)6-3-1-2-4-6/h7-9,11H,4-6H2,1-3H3,(H,16,17)(H,18,21);5-6H,1-4H2,(H,10,11)/t8-,9+,11?;/m1./s1. The van der Waals surface area contributed by atoms with Gasteiger partial charge in [0.25, 0.3) is 0 Å². The number of nitrogens with zero attached hydrogens (tertiary/aromatic N) is 3. The van der Waals surface area contributed by atoms with Crippen LogP contribution in [0.2, 0.25) is 0 Å². The van der Waals surface area contributed by atoms with Crippen molar-refractivity contribution in [1.82, 2.24) is 30.2 Å². The Morgan fingerprint density at radius 1 is 1.06 bits per heavy atom. The second-order valence-electron chi connectivity index (χ2n) is 8.46. The molecule has 1 saturated carbocycles. The number of amides is 2. The number of likely N-dealkylation sites (tertiary alicyclic amines) is 1. The summed E-state index contributed by atoms with van der Waals surface area (Å²) in [5.74, 6) is 2.38. The minimum Gasteiger partial charge on any atom is -0.453 e. The average molecular weight is 604 g/mol. The summed E-state index contributed by atoms with van der Waals surface area (Å²) in [6.45, 7) is 2.34. The van der Waals surface area contributed by atoms with E-state index >= 15 is 0 Å². The molecule has 3 heterocycles. The highest BCUT2D eigenvalue weighted by Crippen LogP contribution is 2.33. The van der Waals surface area contributed by atoms with Crippen molar-refractivity contribution in [2.75, 3.05) is 20.8 Å². The maximum absolute atomic E-state index is 12.9. The fourth-order valence-corrected chi connectivity index (χ4v) is 5.01. The van der Waals surface area contributed by atoms with Gasteiger partial charge in [0.15, 0.2) is 0 Å². The number of imidazole rings is 2. The van der Waals surface area contributed by atoms with E-state index in [1.807, 2.05) is 6.20 Å². The van der Waals surface area contributed by atoms with Gasteiger partial charge in [0.1, 0.15) is 26.9 Å². The quantitative estimate of drug-likeness (QED) is 0.449. The summed E-state index contributed by atoms with van der Waals surface area (Å²) >= 11 is 6.69. The molecule has 0 bridgehead atoms. The number of methoxy groups -OCH3 is 2. The lowest BCUT2D eigenvalue weighted by Crippen LogP contribution is -2.54. The maximum Gasteiger partial charge on any atom is 0.407 e. The summed E-state index contributed by atoms with van der Waals surface area (Å²) in [6, 6.07) is -0.953. The molecule has 2 fully saturated rings. The van der Waals surface area contributed by atoms with Gasteiger partial charge in [-0.25, -0.2) is 14.8 Å². The Hall–Kier alpha value is -1.92. The van der Waals surface area contributed by atoms with Gasteiger partial charge in [-0.2, -0.15) is 0 Å². The van der Waals surface area contributed by atoms with Gasteiger partial charge in [-0.05, 0) is 64.5 Å². The number of rotatable bonds is 6. The van der Waals surface area contributed by atoms with Crippen molar-refractivity contribution >= 4 is 43.9 Å². The van der Waals surface area contributed by atoms with E-state index in [4.69, 9.17) is 4.74 Å². The molecule has 3 atom stereocenters. The summed E-state index contributed by atoms with van der Waals surface area (Å²) in [4.78, 5) is 41.1. The Morgan fingerprint density at radius 2 is 1.68 bits per heavy atom. The molecule has 10 nitrogen and oxygen atoms in total. The summed E-state index contributed by atoms with van der Waals surface area (Å²) in [7, 11) is 2.75. The van der Waals surface area contributed by atoms with E-state index in [1.54, 1.807) is 18.0 Å². The summed E-state index contributed by atoms with van der Waals surface area (Å²) in [5, 5.41) is 2.55. The predicted octanol–water partition coefficient (Wildman–Crippen LogP) is 4.43. The highest BCUT2D eigenvalue weighted by molar-refractivity contribution is 9.10. The van der Waals surface area contributed by atoms with Crippen LogP contribution in [0, 0.1) is 0 Å². The smallest absolute Gasteiger partial charge is 0.407 e. The second kappa shape index (κ2) is 12.7. The lowest BCUT2D eigenvalue weighted by Gasteiger charge is -2.30. The molecule has 0 radical (unpaired) electrons. The molecule has 34 heavy (non-hydrogen) atoms. The van der Waals surface area contributed by atoms with Crippen molar-refractivity contribution in [3.8, 4) is 0 Å². The highest BCUT2D eigenvalue weighted by atomic mass is 79.9. The topological polar surface area (TPSA) is 125 Å². The van der Waals surface area contributed by atoms with E-state index < -0.39 is 18.2 Å². The number of nitrogens with one attached hydrogen (secondary N) is 3. The highest BCUT2D eigenvalue weighted by Gasteiger charge is 2.38. The van der Waals surface area contributed by atoms with Crippen LogP contribution in [0.15, 0.2) is 21.6 Å². The van der Waals surface area contributed by atoms with Gasteiger partial charge in [-0.3, -0.25) is 4.79 Å². The van der Waals surface area contributed by atoms with Gasteiger partial charge in [0.2, 0.25) is 5.91 Å². The Kier molecular flexibility index (Phi) is 9.96. The maximum atomic E-state index is 12.9. The number of ether oxygens (including phenoxy) is 2. The first-order valence-corrected chi connectivity index (χ1v) is 13.0. The van der Waals surface area contributed by atoms with Gasteiger partial charge in [-0.1, -0.05) is 12.8 Å². The number of carbonyl (C=O) groups excluding carboxylic acids is 2. The van der Waals surface area contributed by atoms with Crippen LogP contribution >= 0.6 is 31.9 Å². The molecular weight excluding hydrogens is 572 g/mol. The molecule has 2 aromatic rings. The van der Waals surface area contributed by atoms with Crippen LogP contribution in [0.3, 0.4) is 0 Å². The van der Waals surface area contributed by atoms with Crippen LogP contribution in [0.4, 0.5) is 4.79 Å². The lowest BCUT2D eigenvalue weighted by atomic mass is 10.1. The number of aromatic nitrogens is 4. The Balaban J connectivity index is 0.000000243. The molecular formula is C22H32Br2N6O4. The number of H-pyrrole nitrogens is 2. The van der Waals surface area contributed by atoms with Crippen LogP contribution < -0.4 is 5.32 Å². The largest absolute Gasteiger partial charge is 0.453 e. The second-order valence-corrected chi connectivity index (χ2v) is 10.2. The monoisotopic (exact) mass is 602 g/mol. The average Bonchev–Trinajstić information content (AvgIpc) is 3.63. The Labute approximate surface area is 216 Å². The van der Waals surface area contributed by atoms with Crippen LogP contribution in [-0.4, -0.2) is 69.7 Å². The van der Waals surface area contributed by atoms with Crippen LogP contribution in [-0.2, 0) is 14.3 Å². The van der Waals surface area contributed by atoms with Crippen molar-refractivity contribution in [1.29, 1.82) is 0 Å². The van der Waals surface area contributed by atoms with Crippen LogP contribution in [0.5, 0.6) is 0 Å². The molecule has 2 aromatic heterocycles. The Morgan fingerprint density at radius 3 is 2.21 bits per heavy atom. The number of carbonyl (C=O) groups is 2. The van der Waals surface area contributed by atoms with Crippen molar-refractivity contribution in [3.63, 3.8) is 0 Å². The molecule has 2 amide bonds. The fourth-order valence-electron chi connectivity index (χ4n) is 4.40. The molecule has 1 aliphatic carbocycles. The first-order valence-electron chi connectivity index (χ1n) is 11.4. The number of alkyl carbamates (subject to hydrolysis) is 1. The number of halogens is 2. The summed E-state index contributed by atoms with van der Waals surface area (Å²) in [5.41, 5.74) is 0. The van der Waals surface area contributed by atoms with Crippen LogP contribution in [0.1, 0.15) is 69.1 Å². The zero-order valence-corrected chi connectivity index (χ0v) is 22.8. The first-order chi connectivity index (χ1) is 16.3. The number of aromatic amines is 2. The molecule has 1 saturated heterocycles. The molecule has 12 heteroatoms. The fraction of sp³-hybridized carbons (Fsp3) is 0.636. The van der Waals surface area contributed by atoms with E-state index in [0.29, 0.717) is 12.5 Å². The van der Waals surface area contributed by atoms with Crippen molar-refractivity contribution in [3.05, 3.63) is 33.2 Å². The van der Waals surface area contributed by atoms with Crippen molar-refractivity contribution in [2.24, 2.45) is 0 Å². The summed E-state index contributed by atoms with van der Waals surface area (Å²) in [6.07, 6.45) is 9.39. The van der Waals surface area contributed by atoms with E-state index in [0.717, 1.165) is 33.7 Å². The third kappa shape index (κ3) is 6.82. The zero-order chi connectivity index (χ0) is 24.7. The van der Waals surface area contributed by atoms with E-state index in [2.05, 4.69) is 61.8 Å². The molecule has 1 aliphatic heterocycles. The minimum absolute atomic E-state index is 0.139. The third-order valence-electron chi connectivity index (χ3n) is 6.29. The molecule has 1 unspecified atom stereocenters. The van der Waals surface area contributed by atoms with Gasteiger partial charge in [0.05, 0.1) is 31.6 Å². The zero-order valence-electron chi connectivity index (χ0n) is 19.6. The van der Waals surface area contributed by atoms with Gasteiger partial charge < -0.3 is 29.7 Å². The molecule has 2 aliphatic rings. The van der Waals surface area contributed by atoms with E-state index in [-0.39, 0.29) is 11.9 Å². The minimum atomic E-state index is -0.813. The van der Waals surface area contributed by atoms with Gasteiger partial charge in [0, 0.05) is 19.6 Å². The first kappa shape index (κ1) is 26.7. The van der Waals surface area contributed by atoms with Gasteiger partial charge >= 0.3 is 6.09 Å². The van der Waals surface area contributed by atoms with Gasteiger partial charge in [-0.15, -0.1) is 0 Å². The molecule has 3 N–H and O–H groups in total. The van der Waals surface area contributed by atoms with E-state index in [1.165, 1.54) is 39.9 Å². The molecule has 188 valence electrons. The van der Waals surface area contributed by atoms with Crippen molar-refractivity contribution < 1.29 is 19.1 Å². The summed E-state index contributed by atoms with van der Waals surface area (Å²) < 4.78 is 11.6. The normalized spacial score (nSPS) is 19.9. The number of hydrogen-bond donors (Lipinski definition) is 3. The SMILES string of the molecule is Brc1cnc(C2CCCC2)[nH]1.COC(=O)NC(C(=O)N1CCC[C@H]1c1ncc(Br)[nH]1)[C@@H](C)OC. The van der Waals surface area contributed by atoms with Crippen LogP contribution in [0.25, 0.3) is 0 Å². The Bertz CT molecular complexity index is 945. The molecule has 4 rings (SSSR count). The van der Waals surface area contributed by atoms with E-state index in [9.17, 15) is 9.59 Å². The third-order valence-corrected chi connectivity index (χ3v) is 7.09.